The number of urea groups is 1. The fourth-order valence-corrected chi connectivity index (χ4v) is 1.90. The summed E-state index contributed by atoms with van der Waals surface area (Å²) in [6.45, 7) is 0.420. The topological polar surface area (TPSA) is 50.4 Å². The molecule has 0 saturated carbocycles. The van der Waals surface area contributed by atoms with Crippen LogP contribution in [0.1, 0.15) is 5.56 Å². The van der Waals surface area contributed by atoms with E-state index < -0.39 is 0 Å². The maximum absolute atomic E-state index is 11.8. The summed E-state index contributed by atoms with van der Waals surface area (Å²) in [4.78, 5) is 11.8. The maximum Gasteiger partial charge on any atom is 0.319 e. The van der Waals surface area contributed by atoms with Crippen molar-refractivity contribution in [2.45, 2.75) is 6.54 Å². The van der Waals surface area contributed by atoms with Gasteiger partial charge in [0.1, 0.15) is 5.75 Å². The van der Waals surface area contributed by atoms with E-state index in [-0.39, 0.29) is 6.03 Å². The van der Waals surface area contributed by atoms with E-state index in [1.807, 2.05) is 24.3 Å². The van der Waals surface area contributed by atoms with Crippen LogP contribution in [0.4, 0.5) is 10.5 Å². The third kappa shape index (κ3) is 4.17. The minimum Gasteiger partial charge on any atom is -0.497 e. The molecule has 2 rings (SSSR count). The number of rotatable bonds is 4. The molecule has 0 saturated heterocycles. The highest BCUT2D eigenvalue weighted by Gasteiger charge is 2.02. The van der Waals surface area contributed by atoms with Crippen molar-refractivity contribution in [1.82, 2.24) is 5.32 Å². The highest BCUT2D eigenvalue weighted by Crippen LogP contribution is 2.15. The lowest BCUT2D eigenvalue weighted by Crippen LogP contribution is -2.28. The van der Waals surface area contributed by atoms with E-state index in [1.165, 1.54) is 0 Å². The molecule has 20 heavy (non-hydrogen) atoms. The molecule has 0 atom stereocenters. The molecule has 0 aliphatic heterocycles. The summed E-state index contributed by atoms with van der Waals surface area (Å²) < 4.78 is 5.13. The van der Waals surface area contributed by atoms with Crippen LogP contribution in [0.15, 0.2) is 48.5 Å². The Morgan fingerprint density at radius 3 is 2.75 bits per heavy atom. The SMILES string of the molecule is COc1cccc(CNC(=O)Nc2cccc(Cl)c2)c1. The van der Waals surface area contributed by atoms with Crippen LogP contribution >= 0.6 is 11.6 Å². The van der Waals surface area contributed by atoms with Crippen LogP contribution in [-0.2, 0) is 6.54 Å². The number of carbonyl (C=O) groups excluding carboxylic acids is 1. The van der Waals surface area contributed by atoms with Crippen LogP contribution in [0, 0.1) is 0 Å². The normalized spacial score (nSPS) is 9.90. The Morgan fingerprint density at radius 2 is 2.00 bits per heavy atom. The van der Waals surface area contributed by atoms with Gasteiger partial charge in [-0.25, -0.2) is 4.79 Å². The lowest BCUT2D eigenvalue weighted by Gasteiger charge is -2.08. The van der Waals surface area contributed by atoms with E-state index in [0.717, 1.165) is 11.3 Å². The van der Waals surface area contributed by atoms with Crippen molar-refractivity contribution in [3.8, 4) is 5.75 Å². The molecule has 4 nitrogen and oxygen atoms in total. The second-order valence-electron chi connectivity index (χ2n) is 4.17. The lowest BCUT2D eigenvalue weighted by molar-refractivity contribution is 0.251. The molecule has 0 heterocycles. The van der Waals surface area contributed by atoms with E-state index in [2.05, 4.69) is 10.6 Å². The summed E-state index contributed by atoms with van der Waals surface area (Å²) in [6, 6.07) is 14.2. The fraction of sp³-hybridized carbons (Fsp3) is 0.133. The number of amides is 2. The maximum atomic E-state index is 11.8. The van der Waals surface area contributed by atoms with Crippen molar-refractivity contribution < 1.29 is 9.53 Å². The van der Waals surface area contributed by atoms with Crippen molar-refractivity contribution in [3.05, 3.63) is 59.1 Å². The van der Waals surface area contributed by atoms with Crippen LogP contribution in [-0.4, -0.2) is 13.1 Å². The van der Waals surface area contributed by atoms with Crippen LogP contribution in [0.3, 0.4) is 0 Å². The molecular formula is C15H15ClN2O2. The van der Waals surface area contributed by atoms with E-state index in [0.29, 0.717) is 17.3 Å². The van der Waals surface area contributed by atoms with Gasteiger partial charge in [-0.2, -0.15) is 0 Å². The highest BCUT2D eigenvalue weighted by molar-refractivity contribution is 6.30. The first-order valence-electron chi connectivity index (χ1n) is 6.11. The molecule has 104 valence electrons. The number of nitrogens with one attached hydrogen (secondary N) is 2. The third-order valence-electron chi connectivity index (χ3n) is 2.67. The standard InChI is InChI=1S/C15H15ClN2O2/c1-20-14-7-2-4-11(8-14)10-17-15(19)18-13-6-3-5-12(16)9-13/h2-9H,10H2,1H3,(H2,17,18,19). The Labute approximate surface area is 122 Å². The molecule has 5 heteroatoms. The van der Waals surface area contributed by atoms with Crippen LogP contribution < -0.4 is 15.4 Å². The van der Waals surface area contributed by atoms with Gasteiger partial charge in [-0.1, -0.05) is 29.8 Å². The first-order valence-corrected chi connectivity index (χ1v) is 6.48. The zero-order chi connectivity index (χ0) is 14.4. The van der Waals surface area contributed by atoms with Gasteiger partial charge in [-0.3, -0.25) is 0 Å². The predicted octanol–water partition coefficient (Wildman–Crippen LogP) is 3.67. The fourth-order valence-electron chi connectivity index (χ4n) is 1.71. The molecular weight excluding hydrogens is 276 g/mol. The van der Waals surface area contributed by atoms with Crippen LogP contribution in [0.5, 0.6) is 5.75 Å². The van der Waals surface area contributed by atoms with Gasteiger partial charge in [-0.05, 0) is 35.9 Å². The van der Waals surface area contributed by atoms with Gasteiger partial charge in [0.2, 0.25) is 0 Å². The number of anilines is 1. The Balaban J connectivity index is 1.88. The van der Waals surface area contributed by atoms with E-state index in [9.17, 15) is 4.79 Å². The van der Waals surface area contributed by atoms with Gasteiger partial charge in [-0.15, -0.1) is 0 Å². The first-order chi connectivity index (χ1) is 9.67. The molecule has 0 aliphatic carbocycles. The largest absolute Gasteiger partial charge is 0.497 e. The number of methoxy groups -OCH3 is 1. The number of benzene rings is 2. The average molecular weight is 291 g/mol. The minimum atomic E-state index is -0.282. The van der Waals surface area contributed by atoms with Gasteiger partial charge in [0, 0.05) is 17.3 Å². The zero-order valence-corrected chi connectivity index (χ0v) is 11.8. The Kier molecular flexibility index (Phi) is 4.85. The second-order valence-corrected chi connectivity index (χ2v) is 4.61. The number of carbonyl (C=O) groups is 1. The number of hydrogen-bond donors (Lipinski definition) is 2. The Hall–Kier alpha value is -2.20. The summed E-state index contributed by atoms with van der Waals surface area (Å²) in [7, 11) is 1.61. The van der Waals surface area contributed by atoms with Crippen molar-refractivity contribution >= 4 is 23.3 Å². The molecule has 0 unspecified atom stereocenters. The van der Waals surface area contributed by atoms with Crippen molar-refractivity contribution in [2.24, 2.45) is 0 Å². The average Bonchev–Trinajstić information content (AvgIpc) is 2.45. The first kappa shape index (κ1) is 14.2. The van der Waals surface area contributed by atoms with Crippen molar-refractivity contribution in [3.63, 3.8) is 0 Å². The van der Waals surface area contributed by atoms with E-state index >= 15 is 0 Å². The Bertz CT molecular complexity index is 602. The monoisotopic (exact) mass is 290 g/mol. The minimum absolute atomic E-state index is 0.282. The highest BCUT2D eigenvalue weighted by atomic mass is 35.5. The second kappa shape index (κ2) is 6.82. The zero-order valence-electron chi connectivity index (χ0n) is 11.0. The predicted molar refractivity (Wildman–Crippen MR) is 80.3 cm³/mol. The molecule has 0 aromatic heterocycles. The third-order valence-corrected chi connectivity index (χ3v) is 2.90. The van der Waals surface area contributed by atoms with Crippen molar-refractivity contribution in [1.29, 1.82) is 0 Å². The summed E-state index contributed by atoms with van der Waals surface area (Å²) in [5, 5.41) is 6.06. The van der Waals surface area contributed by atoms with Crippen LogP contribution in [0.2, 0.25) is 5.02 Å². The molecule has 2 amide bonds. The van der Waals surface area contributed by atoms with E-state index in [4.69, 9.17) is 16.3 Å². The van der Waals surface area contributed by atoms with Gasteiger partial charge in [0.05, 0.1) is 7.11 Å². The number of halogens is 1. The summed E-state index contributed by atoms with van der Waals surface area (Å²) in [6.07, 6.45) is 0. The molecule has 0 radical (unpaired) electrons. The molecule has 0 spiro atoms. The number of hydrogen-bond acceptors (Lipinski definition) is 2. The smallest absolute Gasteiger partial charge is 0.319 e. The lowest BCUT2D eigenvalue weighted by atomic mass is 10.2. The van der Waals surface area contributed by atoms with E-state index in [1.54, 1.807) is 31.4 Å². The summed E-state index contributed by atoms with van der Waals surface area (Å²) >= 11 is 5.85. The van der Waals surface area contributed by atoms with Crippen molar-refractivity contribution in [2.75, 3.05) is 12.4 Å². The van der Waals surface area contributed by atoms with Gasteiger partial charge in [0.25, 0.3) is 0 Å². The molecule has 2 aromatic carbocycles. The molecule has 0 aliphatic rings. The van der Waals surface area contributed by atoms with Gasteiger partial charge in [0.15, 0.2) is 0 Å². The van der Waals surface area contributed by atoms with Gasteiger partial charge < -0.3 is 15.4 Å². The molecule has 0 bridgehead atoms. The van der Waals surface area contributed by atoms with Crippen LogP contribution in [0.25, 0.3) is 0 Å². The summed E-state index contributed by atoms with van der Waals surface area (Å²) in [5.41, 5.74) is 1.62. The Morgan fingerprint density at radius 1 is 1.20 bits per heavy atom. The molecule has 2 N–H and O–H groups in total. The molecule has 0 fully saturated rings. The van der Waals surface area contributed by atoms with Gasteiger partial charge >= 0.3 is 6.03 Å². The number of ether oxygens (including phenoxy) is 1. The molecule has 2 aromatic rings. The quantitative estimate of drug-likeness (QED) is 0.902. The summed E-state index contributed by atoms with van der Waals surface area (Å²) in [5.74, 6) is 0.763.